The van der Waals surface area contributed by atoms with Crippen molar-refractivity contribution in [3.05, 3.63) is 103 Å². The van der Waals surface area contributed by atoms with Gasteiger partial charge in [0.05, 0.1) is 40.0 Å². The molecule has 0 fully saturated rings. The minimum Gasteiger partial charge on any atom is -0.361 e. The third-order valence-electron chi connectivity index (χ3n) is 6.29. The fourth-order valence-electron chi connectivity index (χ4n) is 4.46. The molecule has 5 nitrogen and oxygen atoms in total. The molecule has 3 heterocycles. The van der Waals surface area contributed by atoms with Crippen LogP contribution in [-0.2, 0) is 0 Å². The fourth-order valence-corrected chi connectivity index (χ4v) is 5.54. The maximum atomic E-state index is 9.44. The normalized spacial score (nSPS) is 10.8. The highest BCUT2D eigenvalue weighted by atomic mass is 79.9. The Bertz CT molecular complexity index is 1920. The van der Waals surface area contributed by atoms with E-state index in [1.54, 1.807) is 0 Å². The lowest BCUT2D eigenvalue weighted by molar-refractivity contribution is 1.08. The number of hydrogen-bond acceptors (Lipinski definition) is 3. The van der Waals surface area contributed by atoms with E-state index in [1.807, 2.05) is 73.9 Å². The first kappa shape index (κ1) is 25.0. The second-order valence-corrected chi connectivity index (χ2v) is 10.8. The van der Waals surface area contributed by atoms with Crippen LogP contribution in [-0.4, -0.2) is 14.5 Å². The number of nitriles is 2. The minimum atomic E-state index is 0.647. The van der Waals surface area contributed by atoms with Gasteiger partial charge in [-0.1, -0.05) is 43.5 Å². The number of hydrogen-bond donors (Lipinski definition) is 1. The fraction of sp³-hybridized carbons (Fsp3) is 0.0690. The molecule has 0 aliphatic rings. The number of aromatic nitrogens is 3. The summed E-state index contributed by atoms with van der Waals surface area (Å²) in [5.74, 6) is 0. The molecule has 37 heavy (non-hydrogen) atoms. The van der Waals surface area contributed by atoms with E-state index in [4.69, 9.17) is 16.9 Å². The number of halogens is 3. The molecule has 8 heteroatoms. The Hall–Kier alpha value is -3.62. The standard InChI is InChI=1S/C20H13BrClN3.C9H5BrN2/c1-11-12(2)24-18-4-3-15(22)9-17(18)20(11)25-6-5-16-13(10-23)7-14(21)8-19(16)25;10-7-3-6(5-11)8-1-2-12-9(8)4-7/h3-9H,1-2H3;1-4,12H. The van der Waals surface area contributed by atoms with E-state index in [9.17, 15) is 5.26 Å². The molecule has 180 valence electrons. The maximum Gasteiger partial charge on any atom is 0.0999 e. The van der Waals surface area contributed by atoms with E-state index in [0.717, 1.165) is 58.6 Å². The highest BCUT2D eigenvalue weighted by molar-refractivity contribution is 9.10. The summed E-state index contributed by atoms with van der Waals surface area (Å²) in [6.45, 7) is 4.07. The van der Waals surface area contributed by atoms with Crippen LogP contribution in [0, 0.1) is 36.5 Å². The number of aromatic amines is 1. The number of benzene rings is 3. The second kappa shape index (κ2) is 10.0. The summed E-state index contributed by atoms with van der Waals surface area (Å²) in [7, 11) is 0. The van der Waals surface area contributed by atoms with E-state index < -0.39 is 0 Å². The van der Waals surface area contributed by atoms with Gasteiger partial charge in [-0.25, -0.2) is 0 Å². The summed E-state index contributed by atoms with van der Waals surface area (Å²) >= 11 is 13.1. The van der Waals surface area contributed by atoms with Crippen molar-refractivity contribution in [2.75, 3.05) is 0 Å². The van der Waals surface area contributed by atoms with E-state index >= 15 is 0 Å². The number of nitrogens with zero attached hydrogens (tertiary/aromatic N) is 4. The first-order valence-electron chi connectivity index (χ1n) is 11.2. The van der Waals surface area contributed by atoms with Gasteiger partial charge in [0.2, 0.25) is 0 Å². The Morgan fingerprint density at radius 2 is 1.57 bits per heavy atom. The number of nitrogens with one attached hydrogen (secondary N) is 1. The van der Waals surface area contributed by atoms with Crippen molar-refractivity contribution in [1.29, 1.82) is 10.5 Å². The van der Waals surface area contributed by atoms with Crippen molar-refractivity contribution in [2.24, 2.45) is 0 Å². The van der Waals surface area contributed by atoms with E-state index in [0.29, 0.717) is 16.1 Å². The third-order valence-corrected chi connectivity index (χ3v) is 7.44. The summed E-state index contributed by atoms with van der Waals surface area (Å²) in [5.41, 5.74) is 7.31. The van der Waals surface area contributed by atoms with E-state index in [-0.39, 0.29) is 0 Å². The van der Waals surface area contributed by atoms with Crippen LogP contribution < -0.4 is 0 Å². The zero-order chi connectivity index (χ0) is 26.3. The van der Waals surface area contributed by atoms with E-state index in [1.165, 1.54) is 0 Å². The van der Waals surface area contributed by atoms with Gasteiger partial charge in [0, 0.05) is 53.7 Å². The molecule has 3 aromatic heterocycles. The molecule has 0 amide bonds. The van der Waals surface area contributed by atoms with Gasteiger partial charge in [0.15, 0.2) is 0 Å². The van der Waals surface area contributed by atoms with Crippen molar-refractivity contribution in [3.8, 4) is 17.8 Å². The predicted molar refractivity (Wildman–Crippen MR) is 156 cm³/mol. The van der Waals surface area contributed by atoms with Crippen LogP contribution in [0.2, 0.25) is 5.02 Å². The van der Waals surface area contributed by atoms with Gasteiger partial charge in [-0.3, -0.25) is 4.98 Å². The molecule has 0 bridgehead atoms. The molecule has 0 spiro atoms. The number of fused-ring (bicyclic) bond motifs is 3. The molecule has 0 saturated carbocycles. The molecule has 0 aliphatic heterocycles. The molecule has 0 saturated heterocycles. The summed E-state index contributed by atoms with van der Waals surface area (Å²) in [5, 5.41) is 21.8. The number of rotatable bonds is 1. The highest BCUT2D eigenvalue weighted by Gasteiger charge is 2.15. The number of pyridine rings is 1. The zero-order valence-electron chi connectivity index (χ0n) is 19.8. The van der Waals surface area contributed by atoms with Gasteiger partial charge in [0.25, 0.3) is 0 Å². The topological polar surface area (TPSA) is 81.2 Å². The van der Waals surface area contributed by atoms with Gasteiger partial charge in [-0.15, -0.1) is 0 Å². The van der Waals surface area contributed by atoms with Crippen molar-refractivity contribution < 1.29 is 0 Å². The Morgan fingerprint density at radius 3 is 2.30 bits per heavy atom. The van der Waals surface area contributed by atoms with Crippen LogP contribution in [0.1, 0.15) is 22.4 Å². The molecular formula is C29H18Br2ClN5. The van der Waals surface area contributed by atoms with Gasteiger partial charge < -0.3 is 9.55 Å². The molecule has 6 aromatic rings. The van der Waals surface area contributed by atoms with Crippen LogP contribution in [0.5, 0.6) is 0 Å². The first-order valence-corrected chi connectivity index (χ1v) is 13.2. The third kappa shape index (κ3) is 4.63. The summed E-state index contributed by atoms with van der Waals surface area (Å²) in [4.78, 5) is 7.74. The number of aryl methyl sites for hydroxylation is 1. The van der Waals surface area contributed by atoms with Crippen LogP contribution in [0.25, 0.3) is 38.4 Å². The molecular weight excluding hydrogens is 614 g/mol. The largest absolute Gasteiger partial charge is 0.361 e. The van der Waals surface area contributed by atoms with Gasteiger partial charge in [-0.05, 0) is 74.0 Å². The van der Waals surface area contributed by atoms with Crippen LogP contribution in [0.3, 0.4) is 0 Å². The Balaban J connectivity index is 0.000000195. The van der Waals surface area contributed by atoms with Crippen LogP contribution in [0.4, 0.5) is 0 Å². The Morgan fingerprint density at radius 1 is 0.865 bits per heavy atom. The molecule has 3 aromatic carbocycles. The SMILES string of the molecule is Cc1nc2ccc(Cl)cc2c(-n2ccc3c(C#N)cc(Br)cc32)c1C.N#Cc1cc(Br)cc2[nH]ccc12. The number of H-pyrrole nitrogens is 1. The lowest BCUT2D eigenvalue weighted by Gasteiger charge is -2.15. The average Bonchev–Trinajstić information content (AvgIpc) is 3.52. The molecule has 1 N–H and O–H groups in total. The summed E-state index contributed by atoms with van der Waals surface area (Å²) in [6, 6.07) is 21.7. The first-order chi connectivity index (χ1) is 17.8. The molecule has 0 radical (unpaired) electrons. The molecule has 0 atom stereocenters. The quantitative estimate of drug-likeness (QED) is 0.197. The van der Waals surface area contributed by atoms with E-state index in [2.05, 4.69) is 65.5 Å². The van der Waals surface area contributed by atoms with Crippen LogP contribution >= 0.6 is 43.5 Å². The smallest absolute Gasteiger partial charge is 0.0999 e. The molecule has 0 unspecified atom stereocenters. The van der Waals surface area contributed by atoms with Crippen molar-refractivity contribution in [2.45, 2.75) is 13.8 Å². The Kier molecular flexibility index (Phi) is 6.79. The van der Waals surface area contributed by atoms with Crippen LogP contribution in [0.15, 0.2) is 75.9 Å². The van der Waals surface area contributed by atoms with Crippen molar-refractivity contribution in [1.82, 2.24) is 14.5 Å². The Labute approximate surface area is 235 Å². The van der Waals surface area contributed by atoms with Crippen molar-refractivity contribution >= 4 is 76.2 Å². The van der Waals surface area contributed by atoms with Gasteiger partial charge >= 0.3 is 0 Å². The zero-order valence-corrected chi connectivity index (χ0v) is 23.7. The monoisotopic (exact) mass is 629 g/mol. The lowest BCUT2D eigenvalue weighted by atomic mass is 10.1. The van der Waals surface area contributed by atoms with Crippen molar-refractivity contribution in [3.63, 3.8) is 0 Å². The maximum absolute atomic E-state index is 9.44. The summed E-state index contributed by atoms with van der Waals surface area (Å²) < 4.78 is 3.92. The molecule has 6 rings (SSSR count). The predicted octanol–water partition coefficient (Wildman–Crippen LogP) is 8.89. The van der Waals surface area contributed by atoms with Gasteiger partial charge in [-0.2, -0.15) is 10.5 Å². The summed E-state index contributed by atoms with van der Waals surface area (Å²) in [6.07, 6.45) is 3.83. The average molecular weight is 632 g/mol. The second-order valence-electron chi connectivity index (χ2n) is 8.52. The highest BCUT2D eigenvalue weighted by Crippen LogP contribution is 2.33. The van der Waals surface area contributed by atoms with Gasteiger partial charge in [0.1, 0.15) is 0 Å². The minimum absolute atomic E-state index is 0.647. The lowest BCUT2D eigenvalue weighted by Crippen LogP contribution is -2.01. The molecule has 0 aliphatic carbocycles.